The molecule has 0 atom stereocenters. The van der Waals surface area contributed by atoms with Crippen LogP contribution in [0.5, 0.6) is 0 Å². The number of pyridine rings is 1. The Bertz CT molecular complexity index is 739. The molecule has 102 valence electrons. The van der Waals surface area contributed by atoms with Gasteiger partial charge in [0.1, 0.15) is 0 Å². The van der Waals surface area contributed by atoms with Crippen molar-refractivity contribution in [2.24, 2.45) is 5.16 Å². The van der Waals surface area contributed by atoms with Gasteiger partial charge in [0.15, 0.2) is 18.9 Å². The lowest BCUT2D eigenvalue weighted by Gasteiger charge is -1.97. The number of hydrogen-bond acceptors (Lipinski definition) is 3. The molecule has 0 spiro atoms. The molecule has 3 nitrogen and oxygen atoms in total. The number of thiophene rings is 1. The molecule has 1 aromatic carbocycles. The van der Waals surface area contributed by atoms with Gasteiger partial charge >= 0.3 is 0 Å². The molecule has 20 heavy (non-hydrogen) atoms. The Morgan fingerprint density at radius 3 is 2.90 bits per heavy atom. The van der Waals surface area contributed by atoms with Gasteiger partial charge in [0, 0.05) is 27.1 Å². The molecule has 3 rings (SSSR count). The molecule has 0 amide bonds. The van der Waals surface area contributed by atoms with E-state index in [4.69, 9.17) is 5.21 Å². The van der Waals surface area contributed by atoms with Crippen LogP contribution in [0, 0.1) is 0 Å². The van der Waals surface area contributed by atoms with Crippen LogP contribution in [0.3, 0.4) is 0 Å². The lowest BCUT2D eigenvalue weighted by molar-refractivity contribution is -0.688. The maximum Gasteiger partial charge on any atom is 0.178 e. The van der Waals surface area contributed by atoms with E-state index in [1.165, 1.54) is 21.9 Å². The minimum Gasteiger partial charge on any atom is -1.00 e. The van der Waals surface area contributed by atoms with Gasteiger partial charge in [-0.2, -0.15) is 0 Å². The Morgan fingerprint density at radius 1 is 1.20 bits per heavy atom. The van der Waals surface area contributed by atoms with Crippen LogP contribution in [-0.2, 0) is 6.54 Å². The molecule has 0 aliphatic rings. The van der Waals surface area contributed by atoms with Crippen molar-refractivity contribution in [3.05, 3.63) is 65.3 Å². The van der Waals surface area contributed by atoms with Crippen molar-refractivity contribution in [3.8, 4) is 0 Å². The number of hydrogen-bond donors (Lipinski definition) is 1. The van der Waals surface area contributed by atoms with Crippen LogP contribution < -0.4 is 17.0 Å². The highest BCUT2D eigenvalue weighted by atomic mass is 35.5. The molecular weight excluding hydrogens is 292 g/mol. The van der Waals surface area contributed by atoms with Gasteiger partial charge in [0.2, 0.25) is 0 Å². The zero-order chi connectivity index (χ0) is 13.1. The van der Waals surface area contributed by atoms with E-state index in [1.54, 1.807) is 11.3 Å². The standard InChI is InChI=1S/C15H12N2OS.ClH/c18-16-8-12-4-3-7-17(9-12)10-13-11-19-15-6-2-1-5-14(13)15;/h1-9,11H,10H2;1H/b16-8+;. The molecule has 2 aromatic heterocycles. The van der Waals surface area contributed by atoms with Gasteiger partial charge in [0.25, 0.3) is 0 Å². The van der Waals surface area contributed by atoms with Gasteiger partial charge in [-0.15, -0.1) is 11.3 Å². The van der Waals surface area contributed by atoms with Crippen LogP contribution in [0.1, 0.15) is 11.1 Å². The van der Waals surface area contributed by atoms with E-state index in [2.05, 4.69) is 39.4 Å². The lowest BCUT2D eigenvalue weighted by Crippen LogP contribution is -3.00. The maximum absolute atomic E-state index is 8.57. The Kier molecular flexibility index (Phi) is 4.71. The van der Waals surface area contributed by atoms with Crippen LogP contribution in [-0.4, -0.2) is 11.4 Å². The van der Waals surface area contributed by atoms with Crippen molar-refractivity contribution >= 4 is 27.6 Å². The summed E-state index contributed by atoms with van der Waals surface area (Å²) in [5.41, 5.74) is 2.19. The molecule has 0 aliphatic carbocycles. The summed E-state index contributed by atoms with van der Waals surface area (Å²) in [4.78, 5) is 0. The third-order valence-corrected chi connectivity index (χ3v) is 4.01. The average Bonchev–Trinajstić information content (AvgIpc) is 2.83. The van der Waals surface area contributed by atoms with Crippen LogP contribution >= 0.6 is 11.3 Å². The van der Waals surface area contributed by atoms with E-state index in [9.17, 15) is 0 Å². The number of oxime groups is 1. The van der Waals surface area contributed by atoms with E-state index >= 15 is 0 Å². The molecule has 0 radical (unpaired) electrons. The van der Waals surface area contributed by atoms with Crippen LogP contribution in [0.2, 0.25) is 0 Å². The fraction of sp³-hybridized carbons (Fsp3) is 0.0667. The molecular formula is C15H13ClN2OS. The summed E-state index contributed by atoms with van der Waals surface area (Å²) in [5.74, 6) is 0. The minimum absolute atomic E-state index is 0. The first-order valence-corrected chi connectivity index (χ1v) is 6.86. The second-order valence-corrected chi connectivity index (χ2v) is 5.22. The van der Waals surface area contributed by atoms with E-state index < -0.39 is 0 Å². The number of benzene rings is 1. The minimum atomic E-state index is 0. The van der Waals surface area contributed by atoms with Crippen molar-refractivity contribution in [2.75, 3.05) is 0 Å². The first-order chi connectivity index (χ1) is 9.36. The Labute approximate surface area is 127 Å². The van der Waals surface area contributed by atoms with Crippen molar-refractivity contribution in [2.45, 2.75) is 6.54 Å². The lowest BCUT2D eigenvalue weighted by atomic mass is 10.2. The van der Waals surface area contributed by atoms with Crippen LogP contribution in [0.25, 0.3) is 10.1 Å². The second-order valence-electron chi connectivity index (χ2n) is 4.31. The fourth-order valence-corrected chi connectivity index (χ4v) is 3.09. The van der Waals surface area contributed by atoms with E-state index in [1.807, 2.05) is 24.5 Å². The van der Waals surface area contributed by atoms with Crippen molar-refractivity contribution in [1.29, 1.82) is 0 Å². The van der Waals surface area contributed by atoms with Crippen LogP contribution in [0.4, 0.5) is 0 Å². The molecule has 5 heteroatoms. The quantitative estimate of drug-likeness (QED) is 0.316. The van der Waals surface area contributed by atoms with Crippen molar-refractivity contribution < 1.29 is 22.2 Å². The van der Waals surface area contributed by atoms with Gasteiger partial charge in [-0.05, 0) is 12.1 Å². The van der Waals surface area contributed by atoms with Gasteiger partial charge in [-0.1, -0.05) is 23.4 Å². The van der Waals surface area contributed by atoms with E-state index in [-0.39, 0.29) is 12.4 Å². The second kappa shape index (κ2) is 6.50. The fourth-order valence-electron chi connectivity index (χ4n) is 2.14. The van der Waals surface area contributed by atoms with Crippen LogP contribution in [0.15, 0.2) is 59.3 Å². The molecule has 3 aromatic rings. The Balaban J connectivity index is 0.00000147. The van der Waals surface area contributed by atoms with E-state index in [0.29, 0.717) is 0 Å². The SMILES string of the molecule is O/N=C/c1ccc[n+](Cc2csc3ccccc23)c1.[Cl-]. The first kappa shape index (κ1) is 14.5. The molecule has 2 heterocycles. The van der Waals surface area contributed by atoms with Gasteiger partial charge < -0.3 is 17.6 Å². The van der Waals surface area contributed by atoms with Gasteiger partial charge in [-0.25, -0.2) is 4.57 Å². The number of aromatic nitrogens is 1. The number of rotatable bonds is 3. The molecule has 0 saturated heterocycles. The molecule has 0 unspecified atom stereocenters. The average molecular weight is 305 g/mol. The zero-order valence-corrected chi connectivity index (χ0v) is 12.2. The number of nitrogens with zero attached hydrogens (tertiary/aromatic N) is 2. The Morgan fingerprint density at radius 2 is 2.05 bits per heavy atom. The third kappa shape index (κ3) is 2.98. The normalized spacial score (nSPS) is 10.8. The van der Waals surface area contributed by atoms with Gasteiger partial charge in [0.05, 0.1) is 11.8 Å². The highest BCUT2D eigenvalue weighted by Gasteiger charge is 2.09. The van der Waals surface area contributed by atoms with E-state index in [0.717, 1.165) is 12.1 Å². The predicted octanol–water partition coefficient (Wildman–Crippen LogP) is 0.0492. The smallest absolute Gasteiger partial charge is 0.178 e. The number of halogens is 1. The monoisotopic (exact) mass is 304 g/mol. The largest absolute Gasteiger partial charge is 1.00 e. The molecule has 1 N–H and O–H groups in total. The molecule has 0 aliphatic heterocycles. The summed E-state index contributed by atoms with van der Waals surface area (Å²) in [6.45, 7) is 0.817. The highest BCUT2D eigenvalue weighted by Crippen LogP contribution is 2.25. The summed E-state index contributed by atoms with van der Waals surface area (Å²) < 4.78 is 3.40. The first-order valence-electron chi connectivity index (χ1n) is 5.98. The van der Waals surface area contributed by atoms with Crippen molar-refractivity contribution in [1.82, 2.24) is 0 Å². The van der Waals surface area contributed by atoms with Crippen molar-refractivity contribution in [3.63, 3.8) is 0 Å². The predicted molar refractivity (Wildman–Crippen MR) is 76.9 cm³/mol. The topological polar surface area (TPSA) is 36.5 Å². The summed E-state index contributed by atoms with van der Waals surface area (Å²) >= 11 is 1.77. The summed E-state index contributed by atoms with van der Waals surface area (Å²) in [5, 5.41) is 15.1. The molecule has 0 fully saturated rings. The van der Waals surface area contributed by atoms with Gasteiger partial charge in [-0.3, -0.25) is 0 Å². The molecule has 0 bridgehead atoms. The molecule has 0 saturated carbocycles. The summed E-state index contributed by atoms with van der Waals surface area (Å²) in [6, 6.07) is 12.3. The number of fused-ring (bicyclic) bond motifs is 1. The summed E-state index contributed by atoms with van der Waals surface area (Å²) in [6.07, 6.45) is 5.41. The zero-order valence-electron chi connectivity index (χ0n) is 10.6. The third-order valence-electron chi connectivity index (χ3n) is 3.00. The maximum atomic E-state index is 8.57. The highest BCUT2D eigenvalue weighted by molar-refractivity contribution is 7.17. The Hall–Kier alpha value is -1.91. The summed E-state index contributed by atoms with van der Waals surface area (Å²) in [7, 11) is 0.